The Morgan fingerprint density at radius 2 is 2.28 bits per heavy atom. The van der Waals surface area contributed by atoms with Crippen molar-refractivity contribution in [1.82, 2.24) is 4.90 Å². The zero-order valence-electron chi connectivity index (χ0n) is 10.4. The lowest BCUT2D eigenvalue weighted by atomic mass is 10.2. The van der Waals surface area contributed by atoms with Crippen molar-refractivity contribution in [1.29, 1.82) is 0 Å². The molecule has 1 fully saturated rings. The highest BCUT2D eigenvalue weighted by atomic mass is 19.1. The minimum absolute atomic E-state index is 0.0965. The summed E-state index contributed by atoms with van der Waals surface area (Å²) in [5.74, 6) is -0.500. The van der Waals surface area contributed by atoms with Crippen molar-refractivity contribution >= 4 is 17.3 Å². The first kappa shape index (κ1) is 12.8. The second kappa shape index (κ2) is 5.35. The number of halogens is 1. The van der Waals surface area contributed by atoms with Crippen LogP contribution in [0.5, 0.6) is 0 Å². The van der Waals surface area contributed by atoms with Gasteiger partial charge in [0, 0.05) is 19.0 Å². The quantitative estimate of drug-likeness (QED) is 0.785. The van der Waals surface area contributed by atoms with E-state index in [0.29, 0.717) is 18.2 Å². The molecule has 1 amide bonds. The molecule has 0 radical (unpaired) electrons. The lowest BCUT2D eigenvalue weighted by Gasteiger charge is -2.15. The lowest BCUT2D eigenvalue weighted by molar-refractivity contribution is -0.116. The molecule has 1 aromatic rings. The summed E-state index contributed by atoms with van der Waals surface area (Å²) in [7, 11) is 2.03. The molecule has 0 bridgehead atoms. The van der Waals surface area contributed by atoms with Gasteiger partial charge < -0.3 is 16.0 Å². The van der Waals surface area contributed by atoms with E-state index in [0.717, 1.165) is 6.54 Å². The van der Waals surface area contributed by atoms with Crippen LogP contribution in [0.3, 0.4) is 0 Å². The van der Waals surface area contributed by atoms with E-state index in [2.05, 4.69) is 10.2 Å². The van der Waals surface area contributed by atoms with Crippen molar-refractivity contribution < 1.29 is 9.18 Å². The van der Waals surface area contributed by atoms with Crippen molar-refractivity contribution in [2.45, 2.75) is 25.3 Å². The van der Waals surface area contributed by atoms with E-state index in [9.17, 15) is 9.18 Å². The lowest BCUT2D eigenvalue weighted by Crippen LogP contribution is -2.26. The summed E-state index contributed by atoms with van der Waals surface area (Å²) in [6.45, 7) is 0.734. The van der Waals surface area contributed by atoms with Crippen LogP contribution in [0.25, 0.3) is 0 Å². The van der Waals surface area contributed by atoms with Gasteiger partial charge in [0.1, 0.15) is 5.82 Å². The molecule has 5 heteroatoms. The Hall–Kier alpha value is -1.62. The number of hydrogen-bond acceptors (Lipinski definition) is 3. The minimum Gasteiger partial charge on any atom is -0.397 e. The monoisotopic (exact) mass is 251 g/mol. The fourth-order valence-electron chi connectivity index (χ4n) is 1.84. The van der Waals surface area contributed by atoms with Gasteiger partial charge in [-0.2, -0.15) is 0 Å². The number of nitrogens with two attached hydrogens (primary N) is 1. The van der Waals surface area contributed by atoms with Crippen LogP contribution in [-0.2, 0) is 4.79 Å². The number of amides is 1. The third kappa shape index (κ3) is 3.43. The van der Waals surface area contributed by atoms with Gasteiger partial charge in [-0.25, -0.2) is 4.39 Å². The highest BCUT2D eigenvalue weighted by Crippen LogP contribution is 2.25. The molecular weight excluding hydrogens is 233 g/mol. The summed E-state index contributed by atoms with van der Waals surface area (Å²) in [6, 6.07) is 4.61. The van der Waals surface area contributed by atoms with Gasteiger partial charge in [-0.15, -0.1) is 0 Å². The third-order valence-corrected chi connectivity index (χ3v) is 3.15. The Balaban J connectivity index is 1.82. The maximum atomic E-state index is 12.8. The summed E-state index contributed by atoms with van der Waals surface area (Å²) in [4.78, 5) is 13.9. The normalized spacial score (nSPS) is 14.8. The second-order valence-corrected chi connectivity index (χ2v) is 4.74. The first-order valence-electron chi connectivity index (χ1n) is 6.11. The van der Waals surface area contributed by atoms with Gasteiger partial charge in [-0.3, -0.25) is 4.79 Å². The van der Waals surface area contributed by atoms with Gasteiger partial charge >= 0.3 is 0 Å². The van der Waals surface area contributed by atoms with Crippen LogP contribution in [-0.4, -0.2) is 30.4 Å². The zero-order valence-corrected chi connectivity index (χ0v) is 10.4. The van der Waals surface area contributed by atoms with Crippen LogP contribution >= 0.6 is 0 Å². The Bertz CT molecular complexity index is 446. The van der Waals surface area contributed by atoms with Crippen LogP contribution < -0.4 is 11.1 Å². The molecule has 1 aliphatic carbocycles. The first-order chi connectivity index (χ1) is 8.56. The Kier molecular flexibility index (Phi) is 3.81. The summed E-state index contributed by atoms with van der Waals surface area (Å²) in [6.07, 6.45) is 2.87. The maximum absolute atomic E-state index is 12.8. The summed E-state index contributed by atoms with van der Waals surface area (Å²) < 4.78 is 12.8. The Morgan fingerprint density at radius 3 is 2.89 bits per heavy atom. The van der Waals surface area contributed by atoms with E-state index in [1.807, 2.05) is 7.05 Å². The second-order valence-electron chi connectivity index (χ2n) is 4.74. The highest BCUT2D eigenvalue weighted by Gasteiger charge is 2.25. The number of carbonyl (C=O) groups is 1. The number of hydrogen-bond donors (Lipinski definition) is 2. The minimum atomic E-state index is -0.404. The molecule has 0 spiro atoms. The average molecular weight is 251 g/mol. The highest BCUT2D eigenvalue weighted by molar-refractivity contribution is 5.93. The van der Waals surface area contributed by atoms with E-state index in [4.69, 9.17) is 5.73 Å². The van der Waals surface area contributed by atoms with Gasteiger partial charge in [0.25, 0.3) is 0 Å². The smallest absolute Gasteiger partial charge is 0.225 e. The largest absolute Gasteiger partial charge is 0.397 e. The molecule has 1 saturated carbocycles. The van der Waals surface area contributed by atoms with Crippen LogP contribution in [0, 0.1) is 5.82 Å². The zero-order chi connectivity index (χ0) is 13.1. The number of benzene rings is 1. The number of nitrogens with zero attached hydrogens (tertiary/aromatic N) is 1. The summed E-state index contributed by atoms with van der Waals surface area (Å²) in [5.41, 5.74) is 6.34. The third-order valence-electron chi connectivity index (χ3n) is 3.15. The van der Waals surface area contributed by atoms with Gasteiger partial charge in [0.05, 0.1) is 11.4 Å². The van der Waals surface area contributed by atoms with E-state index < -0.39 is 5.82 Å². The first-order valence-corrected chi connectivity index (χ1v) is 6.11. The molecule has 1 aliphatic rings. The van der Waals surface area contributed by atoms with Crippen LogP contribution in [0.1, 0.15) is 19.3 Å². The number of rotatable bonds is 5. The molecule has 3 N–H and O–H groups in total. The molecule has 0 atom stereocenters. The molecule has 18 heavy (non-hydrogen) atoms. The molecule has 0 saturated heterocycles. The van der Waals surface area contributed by atoms with Crippen molar-refractivity contribution in [3.63, 3.8) is 0 Å². The predicted molar refractivity (Wildman–Crippen MR) is 69.7 cm³/mol. The van der Waals surface area contributed by atoms with Crippen LogP contribution in [0.2, 0.25) is 0 Å². The molecule has 0 aliphatic heterocycles. The van der Waals surface area contributed by atoms with E-state index >= 15 is 0 Å². The van der Waals surface area contributed by atoms with Crippen molar-refractivity contribution in [2.24, 2.45) is 0 Å². The van der Waals surface area contributed by atoms with Gasteiger partial charge in [-0.1, -0.05) is 0 Å². The topological polar surface area (TPSA) is 58.4 Å². The van der Waals surface area contributed by atoms with E-state index in [1.165, 1.54) is 31.0 Å². The van der Waals surface area contributed by atoms with Gasteiger partial charge in [0.15, 0.2) is 0 Å². The molecular formula is C13H18FN3O. The van der Waals surface area contributed by atoms with Crippen molar-refractivity contribution in [3.05, 3.63) is 24.0 Å². The molecule has 0 unspecified atom stereocenters. The maximum Gasteiger partial charge on any atom is 0.225 e. The Morgan fingerprint density at radius 1 is 1.56 bits per heavy atom. The molecule has 0 heterocycles. The molecule has 98 valence electrons. The summed E-state index contributed by atoms with van der Waals surface area (Å²) in [5, 5.41) is 2.69. The SMILES string of the molecule is CN(CCC(=O)Nc1ccc(F)cc1N)C1CC1. The fourth-order valence-corrected chi connectivity index (χ4v) is 1.84. The van der Waals surface area contributed by atoms with Crippen LogP contribution in [0.4, 0.5) is 15.8 Å². The Labute approximate surface area is 106 Å². The van der Waals surface area contributed by atoms with E-state index in [-0.39, 0.29) is 11.6 Å². The van der Waals surface area contributed by atoms with Gasteiger partial charge in [-0.05, 0) is 38.1 Å². The molecule has 4 nitrogen and oxygen atoms in total. The van der Waals surface area contributed by atoms with E-state index in [1.54, 1.807) is 0 Å². The van der Waals surface area contributed by atoms with Gasteiger partial charge in [0.2, 0.25) is 5.91 Å². The number of anilines is 2. The average Bonchev–Trinajstić information content (AvgIpc) is 3.14. The predicted octanol–water partition coefficient (Wildman–Crippen LogP) is 1.83. The molecule has 0 aromatic heterocycles. The molecule has 2 rings (SSSR count). The van der Waals surface area contributed by atoms with Crippen molar-refractivity contribution in [3.8, 4) is 0 Å². The van der Waals surface area contributed by atoms with Crippen LogP contribution in [0.15, 0.2) is 18.2 Å². The number of nitrogen functional groups attached to an aromatic ring is 1. The number of nitrogens with one attached hydrogen (secondary N) is 1. The molecule has 1 aromatic carbocycles. The standard InChI is InChI=1S/C13H18FN3O/c1-17(10-3-4-10)7-6-13(18)16-12-5-2-9(14)8-11(12)15/h2,5,8,10H,3-4,6-7,15H2,1H3,(H,16,18). The fraction of sp³-hybridized carbons (Fsp3) is 0.462. The summed E-state index contributed by atoms with van der Waals surface area (Å²) >= 11 is 0. The number of carbonyl (C=O) groups excluding carboxylic acids is 1. The van der Waals surface area contributed by atoms with Crippen molar-refractivity contribution in [2.75, 3.05) is 24.6 Å².